The average molecular weight is 190 g/mol. The molecule has 1 fully saturated rings. The molecule has 1 aliphatic rings. The van der Waals surface area contributed by atoms with Crippen LogP contribution in [0.3, 0.4) is 0 Å². The fraction of sp³-hybridized carbons (Fsp3) is 1.00. The zero-order valence-electron chi connectivity index (χ0n) is 10.1. The standard InChI is InChI=1S/C6H12O2.C3H8.C2H6/c1-5-3-4-7-6(2)8-5;1-3-2;1-2/h5-6H,3-4H2,1-2H3;3H2,1-2H3;1-2H3. The first-order valence-electron chi connectivity index (χ1n) is 5.47. The largest absolute Gasteiger partial charge is 0.353 e. The number of hydrogen-bond acceptors (Lipinski definition) is 2. The van der Waals surface area contributed by atoms with Gasteiger partial charge in [-0.3, -0.25) is 0 Å². The molecule has 1 rings (SSSR count). The minimum Gasteiger partial charge on any atom is -0.353 e. The topological polar surface area (TPSA) is 18.5 Å². The molecule has 82 valence electrons. The van der Waals surface area contributed by atoms with E-state index in [1.165, 1.54) is 6.42 Å². The van der Waals surface area contributed by atoms with Crippen molar-refractivity contribution < 1.29 is 9.47 Å². The summed E-state index contributed by atoms with van der Waals surface area (Å²) in [7, 11) is 0. The van der Waals surface area contributed by atoms with Crippen LogP contribution in [-0.4, -0.2) is 19.0 Å². The maximum Gasteiger partial charge on any atom is 0.155 e. The van der Waals surface area contributed by atoms with E-state index < -0.39 is 0 Å². The van der Waals surface area contributed by atoms with Gasteiger partial charge in [-0.25, -0.2) is 0 Å². The number of hydrogen-bond donors (Lipinski definition) is 0. The molecule has 0 aromatic carbocycles. The smallest absolute Gasteiger partial charge is 0.155 e. The minimum absolute atomic E-state index is 0.0127. The van der Waals surface area contributed by atoms with Crippen LogP contribution in [0, 0.1) is 0 Å². The van der Waals surface area contributed by atoms with E-state index in [0.717, 1.165) is 13.0 Å². The van der Waals surface area contributed by atoms with Gasteiger partial charge >= 0.3 is 0 Å². The van der Waals surface area contributed by atoms with Gasteiger partial charge in [-0.05, 0) is 20.3 Å². The van der Waals surface area contributed by atoms with Gasteiger partial charge in [-0.2, -0.15) is 0 Å². The summed E-state index contributed by atoms with van der Waals surface area (Å²) in [6.07, 6.45) is 2.68. The van der Waals surface area contributed by atoms with Crippen molar-refractivity contribution in [2.24, 2.45) is 0 Å². The first-order chi connectivity index (χ1) is 6.20. The Balaban J connectivity index is 0. The van der Waals surface area contributed by atoms with Crippen LogP contribution in [0.25, 0.3) is 0 Å². The number of rotatable bonds is 0. The molecule has 0 aromatic heterocycles. The summed E-state index contributed by atoms with van der Waals surface area (Å²) in [6.45, 7) is 13.1. The molecule has 2 atom stereocenters. The molecule has 0 amide bonds. The summed E-state index contributed by atoms with van der Waals surface area (Å²) >= 11 is 0. The van der Waals surface area contributed by atoms with Crippen LogP contribution in [0.1, 0.15) is 54.4 Å². The summed E-state index contributed by atoms with van der Waals surface area (Å²) in [4.78, 5) is 0. The van der Waals surface area contributed by atoms with Crippen molar-refractivity contribution >= 4 is 0 Å². The number of ether oxygens (including phenoxy) is 2. The Morgan fingerprint density at radius 3 is 1.85 bits per heavy atom. The Bertz CT molecular complexity index is 76.2. The average Bonchev–Trinajstić information content (AvgIpc) is 2.08. The van der Waals surface area contributed by atoms with E-state index in [1.807, 2.05) is 20.8 Å². The Hall–Kier alpha value is -0.0800. The quantitative estimate of drug-likeness (QED) is 0.581. The highest BCUT2D eigenvalue weighted by Gasteiger charge is 2.13. The van der Waals surface area contributed by atoms with Gasteiger partial charge in [0.15, 0.2) is 6.29 Å². The first-order valence-corrected chi connectivity index (χ1v) is 5.47. The third-order valence-corrected chi connectivity index (χ3v) is 1.30. The maximum absolute atomic E-state index is 5.26. The highest BCUT2D eigenvalue weighted by atomic mass is 16.7. The van der Waals surface area contributed by atoms with Crippen LogP contribution < -0.4 is 0 Å². The fourth-order valence-corrected chi connectivity index (χ4v) is 0.834. The van der Waals surface area contributed by atoms with Crippen molar-refractivity contribution in [1.29, 1.82) is 0 Å². The predicted octanol–water partition coefficient (Wildman–Crippen LogP) is 3.60. The Labute approximate surface area is 83.6 Å². The van der Waals surface area contributed by atoms with Crippen molar-refractivity contribution in [2.75, 3.05) is 6.61 Å². The lowest BCUT2D eigenvalue weighted by molar-refractivity contribution is -0.197. The van der Waals surface area contributed by atoms with Crippen molar-refractivity contribution in [3.05, 3.63) is 0 Å². The van der Waals surface area contributed by atoms with Gasteiger partial charge in [0.25, 0.3) is 0 Å². The molecule has 2 nitrogen and oxygen atoms in total. The predicted molar refractivity (Wildman–Crippen MR) is 57.9 cm³/mol. The Morgan fingerprint density at radius 1 is 1.15 bits per heavy atom. The molecule has 0 aliphatic carbocycles. The maximum atomic E-state index is 5.26. The fourth-order valence-electron chi connectivity index (χ4n) is 0.834. The van der Waals surface area contributed by atoms with Crippen LogP contribution in [0.2, 0.25) is 0 Å². The molecule has 2 unspecified atom stereocenters. The van der Waals surface area contributed by atoms with E-state index in [-0.39, 0.29) is 6.29 Å². The van der Waals surface area contributed by atoms with E-state index in [1.54, 1.807) is 0 Å². The lowest BCUT2D eigenvalue weighted by Gasteiger charge is -2.24. The monoisotopic (exact) mass is 190 g/mol. The van der Waals surface area contributed by atoms with Crippen LogP contribution in [-0.2, 0) is 9.47 Å². The second-order valence-electron chi connectivity index (χ2n) is 2.88. The molecular formula is C11H26O2. The van der Waals surface area contributed by atoms with Crippen LogP contribution in [0.5, 0.6) is 0 Å². The zero-order valence-corrected chi connectivity index (χ0v) is 10.1. The molecule has 0 bridgehead atoms. The Morgan fingerprint density at radius 2 is 1.62 bits per heavy atom. The SMILES string of the molecule is CC.CC1CCOC(C)O1.CCC. The summed E-state index contributed by atoms with van der Waals surface area (Å²) < 4.78 is 10.4. The van der Waals surface area contributed by atoms with Crippen molar-refractivity contribution in [2.45, 2.75) is 66.8 Å². The molecule has 13 heavy (non-hydrogen) atoms. The van der Waals surface area contributed by atoms with Crippen LogP contribution in [0.15, 0.2) is 0 Å². The van der Waals surface area contributed by atoms with Gasteiger partial charge in [0.05, 0.1) is 12.7 Å². The van der Waals surface area contributed by atoms with Crippen molar-refractivity contribution in [3.8, 4) is 0 Å². The van der Waals surface area contributed by atoms with E-state index in [9.17, 15) is 0 Å². The van der Waals surface area contributed by atoms with E-state index in [2.05, 4.69) is 20.8 Å². The molecule has 0 radical (unpaired) electrons. The van der Waals surface area contributed by atoms with Gasteiger partial charge in [-0.15, -0.1) is 0 Å². The zero-order chi connectivity index (χ0) is 10.7. The molecule has 0 spiro atoms. The molecule has 0 aromatic rings. The molecule has 0 saturated carbocycles. The lowest BCUT2D eigenvalue weighted by Crippen LogP contribution is -2.27. The molecule has 1 saturated heterocycles. The molecular weight excluding hydrogens is 164 g/mol. The summed E-state index contributed by atoms with van der Waals surface area (Å²) in [5.41, 5.74) is 0. The first kappa shape index (κ1) is 15.4. The second kappa shape index (κ2) is 11.9. The second-order valence-corrected chi connectivity index (χ2v) is 2.88. The molecule has 1 heterocycles. The van der Waals surface area contributed by atoms with Crippen LogP contribution >= 0.6 is 0 Å². The van der Waals surface area contributed by atoms with Gasteiger partial charge in [-0.1, -0.05) is 34.1 Å². The third-order valence-electron chi connectivity index (χ3n) is 1.30. The minimum atomic E-state index is 0.0127. The third kappa shape index (κ3) is 11.9. The highest BCUT2D eigenvalue weighted by Crippen LogP contribution is 2.09. The van der Waals surface area contributed by atoms with Crippen molar-refractivity contribution in [1.82, 2.24) is 0 Å². The van der Waals surface area contributed by atoms with Gasteiger partial charge in [0.1, 0.15) is 0 Å². The Kier molecular flexibility index (Phi) is 14.1. The van der Waals surface area contributed by atoms with E-state index in [4.69, 9.17) is 9.47 Å². The van der Waals surface area contributed by atoms with E-state index >= 15 is 0 Å². The van der Waals surface area contributed by atoms with Gasteiger partial charge in [0, 0.05) is 0 Å². The summed E-state index contributed by atoms with van der Waals surface area (Å²) in [5, 5.41) is 0. The van der Waals surface area contributed by atoms with Gasteiger partial charge in [0.2, 0.25) is 0 Å². The van der Waals surface area contributed by atoms with E-state index in [0.29, 0.717) is 6.10 Å². The summed E-state index contributed by atoms with van der Waals surface area (Å²) in [6, 6.07) is 0. The van der Waals surface area contributed by atoms with Gasteiger partial charge < -0.3 is 9.47 Å². The lowest BCUT2D eigenvalue weighted by atomic mass is 10.3. The summed E-state index contributed by atoms with van der Waals surface area (Å²) in [5.74, 6) is 0. The highest BCUT2D eigenvalue weighted by molar-refractivity contribution is 4.54. The molecule has 2 heteroatoms. The molecule has 0 N–H and O–H groups in total. The van der Waals surface area contributed by atoms with Crippen molar-refractivity contribution in [3.63, 3.8) is 0 Å². The molecule has 1 aliphatic heterocycles. The normalized spacial score (nSPS) is 26.3. The van der Waals surface area contributed by atoms with Crippen LogP contribution in [0.4, 0.5) is 0 Å².